The van der Waals surface area contributed by atoms with Crippen molar-refractivity contribution in [3.05, 3.63) is 59.7 Å². The van der Waals surface area contributed by atoms with Crippen molar-refractivity contribution in [3.8, 4) is 5.75 Å². The van der Waals surface area contributed by atoms with E-state index in [2.05, 4.69) is 5.32 Å². The summed E-state index contributed by atoms with van der Waals surface area (Å²) in [6, 6.07) is 15.3. The number of nitrogens with zero attached hydrogens (tertiary/aromatic N) is 1. The molecule has 0 aliphatic rings. The number of para-hydroxylation sites is 2. The molecule has 0 saturated heterocycles. The van der Waals surface area contributed by atoms with Gasteiger partial charge in [-0.25, -0.2) is 0 Å². The molecule has 0 unspecified atom stereocenters. The summed E-state index contributed by atoms with van der Waals surface area (Å²) in [6.45, 7) is 4.41. The lowest BCUT2D eigenvalue weighted by Crippen LogP contribution is -2.31. The molecule has 0 bridgehead atoms. The zero-order valence-electron chi connectivity index (χ0n) is 14.9. The lowest BCUT2D eigenvalue weighted by molar-refractivity contribution is -0.129. The highest BCUT2D eigenvalue weighted by Gasteiger charge is 2.13. The van der Waals surface area contributed by atoms with Crippen molar-refractivity contribution in [2.75, 3.05) is 19.0 Å². The van der Waals surface area contributed by atoms with Crippen LogP contribution >= 0.6 is 0 Å². The molecule has 25 heavy (non-hydrogen) atoms. The Balaban J connectivity index is 1.93. The van der Waals surface area contributed by atoms with E-state index in [0.29, 0.717) is 24.5 Å². The molecule has 1 N–H and O–H groups in total. The van der Waals surface area contributed by atoms with Crippen molar-refractivity contribution in [3.63, 3.8) is 0 Å². The van der Waals surface area contributed by atoms with Crippen LogP contribution in [0.2, 0.25) is 0 Å². The summed E-state index contributed by atoms with van der Waals surface area (Å²) in [4.78, 5) is 25.7. The zero-order chi connectivity index (χ0) is 18.2. The number of aryl methyl sites for hydroxylation is 1. The number of benzene rings is 2. The normalized spacial score (nSPS) is 10.2. The van der Waals surface area contributed by atoms with Gasteiger partial charge in [-0.15, -0.1) is 0 Å². The van der Waals surface area contributed by atoms with Crippen LogP contribution in [0.4, 0.5) is 5.69 Å². The first-order chi connectivity index (χ1) is 12.0. The topological polar surface area (TPSA) is 58.6 Å². The van der Waals surface area contributed by atoms with Gasteiger partial charge in [0.1, 0.15) is 5.75 Å². The van der Waals surface area contributed by atoms with Crippen LogP contribution in [-0.4, -0.2) is 30.4 Å². The number of carbonyl (C=O) groups excluding carboxylic acids is 2. The SMILES string of the molecule is COc1ccccc1NC(=O)CCN(Cc1ccc(C)cc1)C(C)=O. The monoisotopic (exact) mass is 340 g/mol. The molecule has 2 rings (SSSR count). The van der Waals surface area contributed by atoms with Crippen molar-refractivity contribution in [2.45, 2.75) is 26.8 Å². The van der Waals surface area contributed by atoms with Crippen molar-refractivity contribution < 1.29 is 14.3 Å². The lowest BCUT2D eigenvalue weighted by atomic mass is 10.1. The highest BCUT2D eigenvalue weighted by molar-refractivity contribution is 5.92. The fraction of sp³-hybridized carbons (Fsp3) is 0.300. The third kappa shape index (κ3) is 5.64. The van der Waals surface area contributed by atoms with Crippen molar-refractivity contribution in [1.82, 2.24) is 4.90 Å². The molecule has 5 nitrogen and oxygen atoms in total. The van der Waals surface area contributed by atoms with E-state index in [1.807, 2.05) is 43.3 Å². The van der Waals surface area contributed by atoms with Gasteiger partial charge in [0.15, 0.2) is 0 Å². The van der Waals surface area contributed by atoms with Crippen LogP contribution in [0.1, 0.15) is 24.5 Å². The maximum absolute atomic E-state index is 12.2. The maximum atomic E-state index is 12.2. The molecular formula is C20H24N2O3. The smallest absolute Gasteiger partial charge is 0.226 e. The van der Waals surface area contributed by atoms with Gasteiger partial charge in [0.2, 0.25) is 11.8 Å². The quantitative estimate of drug-likeness (QED) is 0.840. The number of hydrogen-bond acceptors (Lipinski definition) is 3. The van der Waals surface area contributed by atoms with E-state index in [-0.39, 0.29) is 18.2 Å². The summed E-state index contributed by atoms with van der Waals surface area (Å²) in [5.74, 6) is 0.407. The second-order valence-electron chi connectivity index (χ2n) is 5.92. The van der Waals surface area contributed by atoms with E-state index >= 15 is 0 Å². The Hall–Kier alpha value is -2.82. The first-order valence-corrected chi connectivity index (χ1v) is 8.23. The zero-order valence-corrected chi connectivity index (χ0v) is 14.9. The first kappa shape index (κ1) is 18.5. The predicted octanol–water partition coefficient (Wildman–Crippen LogP) is 3.38. The molecule has 2 amide bonds. The first-order valence-electron chi connectivity index (χ1n) is 8.23. The van der Waals surface area contributed by atoms with Gasteiger partial charge in [-0.1, -0.05) is 42.0 Å². The van der Waals surface area contributed by atoms with E-state index in [1.165, 1.54) is 12.5 Å². The molecule has 0 spiro atoms. The van der Waals surface area contributed by atoms with Gasteiger partial charge >= 0.3 is 0 Å². The van der Waals surface area contributed by atoms with Crippen LogP contribution in [0.15, 0.2) is 48.5 Å². The number of carbonyl (C=O) groups is 2. The van der Waals surface area contributed by atoms with Crippen molar-refractivity contribution in [2.24, 2.45) is 0 Å². The number of methoxy groups -OCH3 is 1. The van der Waals surface area contributed by atoms with E-state index in [0.717, 1.165) is 5.56 Å². The Morgan fingerprint density at radius 2 is 1.76 bits per heavy atom. The molecule has 0 aromatic heterocycles. The molecular weight excluding hydrogens is 316 g/mol. The molecule has 0 fully saturated rings. The van der Waals surface area contributed by atoms with E-state index in [1.54, 1.807) is 24.1 Å². The van der Waals surface area contributed by atoms with Crippen LogP contribution < -0.4 is 10.1 Å². The summed E-state index contributed by atoms with van der Waals surface area (Å²) >= 11 is 0. The van der Waals surface area contributed by atoms with Crippen LogP contribution in [0.5, 0.6) is 5.75 Å². The van der Waals surface area contributed by atoms with Gasteiger partial charge in [-0.05, 0) is 24.6 Å². The minimum absolute atomic E-state index is 0.0503. The average molecular weight is 340 g/mol. The summed E-state index contributed by atoms with van der Waals surface area (Å²) in [7, 11) is 1.56. The number of rotatable bonds is 7. The Morgan fingerprint density at radius 1 is 1.08 bits per heavy atom. The maximum Gasteiger partial charge on any atom is 0.226 e. The molecule has 5 heteroatoms. The summed E-state index contributed by atoms with van der Waals surface area (Å²) in [6.07, 6.45) is 0.226. The van der Waals surface area contributed by atoms with Crippen LogP contribution in [-0.2, 0) is 16.1 Å². The molecule has 132 valence electrons. The molecule has 0 aliphatic heterocycles. The Bertz CT molecular complexity index is 726. The van der Waals surface area contributed by atoms with Gasteiger partial charge in [-0.2, -0.15) is 0 Å². The Labute approximate surface area is 148 Å². The predicted molar refractivity (Wildman–Crippen MR) is 98.5 cm³/mol. The Morgan fingerprint density at radius 3 is 2.40 bits per heavy atom. The average Bonchev–Trinajstić information content (AvgIpc) is 2.60. The van der Waals surface area contributed by atoms with Crippen LogP contribution in [0, 0.1) is 6.92 Å². The van der Waals surface area contributed by atoms with E-state index in [9.17, 15) is 9.59 Å². The fourth-order valence-electron chi connectivity index (χ4n) is 2.46. The summed E-state index contributed by atoms with van der Waals surface area (Å²) in [5.41, 5.74) is 2.85. The van der Waals surface area contributed by atoms with Gasteiger partial charge in [0.05, 0.1) is 12.8 Å². The molecule has 0 saturated carbocycles. The molecule has 0 heterocycles. The summed E-state index contributed by atoms with van der Waals surface area (Å²) < 4.78 is 5.22. The van der Waals surface area contributed by atoms with E-state index < -0.39 is 0 Å². The van der Waals surface area contributed by atoms with Gasteiger partial charge in [0.25, 0.3) is 0 Å². The van der Waals surface area contributed by atoms with Gasteiger partial charge in [0, 0.05) is 26.4 Å². The number of amides is 2. The highest BCUT2D eigenvalue weighted by atomic mass is 16.5. The number of hydrogen-bond donors (Lipinski definition) is 1. The van der Waals surface area contributed by atoms with Crippen molar-refractivity contribution >= 4 is 17.5 Å². The van der Waals surface area contributed by atoms with Gasteiger partial charge in [-0.3, -0.25) is 9.59 Å². The highest BCUT2D eigenvalue weighted by Crippen LogP contribution is 2.23. The second kappa shape index (κ2) is 8.87. The second-order valence-corrected chi connectivity index (χ2v) is 5.92. The molecule has 2 aromatic carbocycles. The van der Waals surface area contributed by atoms with Crippen LogP contribution in [0.25, 0.3) is 0 Å². The number of ether oxygens (including phenoxy) is 1. The van der Waals surface area contributed by atoms with E-state index in [4.69, 9.17) is 4.74 Å². The molecule has 0 atom stereocenters. The lowest BCUT2D eigenvalue weighted by Gasteiger charge is -2.21. The third-order valence-corrected chi connectivity index (χ3v) is 3.93. The summed E-state index contributed by atoms with van der Waals surface area (Å²) in [5, 5.41) is 2.83. The number of anilines is 1. The largest absolute Gasteiger partial charge is 0.495 e. The fourth-order valence-corrected chi connectivity index (χ4v) is 2.46. The molecule has 0 radical (unpaired) electrons. The minimum atomic E-state index is -0.153. The standard InChI is InChI=1S/C20H24N2O3/c1-15-8-10-17(11-9-15)14-22(16(2)23)13-12-20(24)21-18-6-4-5-7-19(18)25-3/h4-11H,12-14H2,1-3H3,(H,21,24). The third-order valence-electron chi connectivity index (χ3n) is 3.93. The van der Waals surface area contributed by atoms with Gasteiger partial charge < -0.3 is 15.0 Å². The minimum Gasteiger partial charge on any atom is -0.495 e. The number of nitrogens with one attached hydrogen (secondary N) is 1. The van der Waals surface area contributed by atoms with Crippen molar-refractivity contribution in [1.29, 1.82) is 0 Å². The molecule has 2 aromatic rings. The van der Waals surface area contributed by atoms with Crippen LogP contribution in [0.3, 0.4) is 0 Å². The Kier molecular flexibility index (Phi) is 6.57. The molecule has 0 aliphatic carbocycles.